The van der Waals surface area contributed by atoms with Crippen LogP contribution in [0.4, 0.5) is 11.4 Å². The molecule has 0 unspecified atom stereocenters. The van der Waals surface area contributed by atoms with Gasteiger partial charge in [0.15, 0.2) is 0 Å². The van der Waals surface area contributed by atoms with E-state index in [2.05, 4.69) is 15.3 Å². The average Bonchev–Trinajstić information content (AvgIpc) is 2.45. The third-order valence-corrected chi connectivity index (χ3v) is 2.55. The van der Waals surface area contributed by atoms with Crippen molar-refractivity contribution >= 4 is 17.3 Å². The monoisotopic (exact) mass is 274 g/mol. The second kappa shape index (κ2) is 5.74. The van der Waals surface area contributed by atoms with Gasteiger partial charge in [-0.15, -0.1) is 0 Å². The highest BCUT2D eigenvalue weighted by atomic mass is 16.6. The van der Waals surface area contributed by atoms with E-state index in [-0.39, 0.29) is 11.3 Å². The molecule has 0 spiro atoms. The first-order chi connectivity index (χ1) is 9.58. The Morgan fingerprint density at radius 2 is 2.20 bits per heavy atom. The summed E-state index contributed by atoms with van der Waals surface area (Å²) in [5, 5.41) is 22.6. The molecule has 0 atom stereocenters. The molecule has 1 heterocycles. The van der Waals surface area contributed by atoms with Gasteiger partial charge < -0.3 is 10.4 Å². The number of anilines is 1. The lowest BCUT2D eigenvalue weighted by Crippen LogP contribution is -2.08. The number of carboxylic acids is 1. The Kier molecular flexibility index (Phi) is 3.85. The van der Waals surface area contributed by atoms with Crippen LogP contribution in [0.1, 0.15) is 16.1 Å². The van der Waals surface area contributed by atoms with Gasteiger partial charge in [0, 0.05) is 24.0 Å². The number of aromatic carboxylic acids is 1. The maximum Gasteiger partial charge on any atom is 0.338 e. The van der Waals surface area contributed by atoms with E-state index in [0.29, 0.717) is 17.9 Å². The van der Waals surface area contributed by atoms with Crippen molar-refractivity contribution < 1.29 is 14.8 Å². The number of rotatable bonds is 5. The predicted octanol–water partition coefficient (Wildman–Crippen LogP) is 1.70. The first kappa shape index (κ1) is 13.4. The number of nitro benzene ring substituents is 1. The summed E-state index contributed by atoms with van der Waals surface area (Å²) < 4.78 is 0. The fourth-order valence-electron chi connectivity index (χ4n) is 1.59. The summed E-state index contributed by atoms with van der Waals surface area (Å²) in [4.78, 5) is 28.9. The Morgan fingerprint density at radius 1 is 1.40 bits per heavy atom. The number of carboxylic acid groups (broad SMARTS) is 1. The van der Waals surface area contributed by atoms with Crippen molar-refractivity contribution in [2.75, 3.05) is 5.32 Å². The molecule has 0 saturated carbocycles. The zero-order valence-corrected chi connectivity index (χ0v) is 10.2. The molecule has 2 N–H and O–H groups in total. The third-order valence-electron chi connectivity index (χ3n) is 2.55. The van der Waals surface area contributed by atoms with Gasteiger partial charge in [-0.2, -0.15) is 0 Å². The van der Waals surface area contributed by atoms with Crippen molar-refractivity contribution in [3.05, 3.63) is 58.2 Å². The molecule has 102 valence electrons. The van der Waals surface area contributed by atoms with E-state index in [1.807, 2.05) is 0 Å². The van der Waals surface area contributed by atoms with Crippen LogP contribution >= 0.6 is 0 Å². The normalized spacial score (nSPS) is 10.0. The molecule has 20 heavy (non-hydrogen) atoms. The van der Waals surface area contributed by atoms with Gasteiger partial charge in [-0.1, -0.05) is 0 Å². The Hall–Kier alpha value is -3.03. The zero-order valence-electron chi connectivity index (χ0n) is 10.2. The van der Waals surface area contributed by atoms with Crippen molar-refractivity contribution in [3.8, 4) is 0 Å². The van der Waals surface area contributed by atoms with Crippen LogP contribution in [0.3, 0.4) is 0 Å². The van der Waals surface area contributed by atoms with E-state index in [1.54, 1.807) is 12.3 Å². The number of carbonyl (C=O) groups is 1. The Labute approximate surface area is 113 Å². The minimum absolute atomic E-state index is 0.159. The number of nitro groups is 1. The highest BCUT2D eigenvalue weighted by Gasteiger charge is 2.15. The second-order valence-corrected chi connectivity index (χ2v) is 3.85. The van der Waals surface area contributed by atoms with E-state index in [9.17, 15) is 14.9 Å². The summed E-state index contributed by atoms with van der Waals surface area (Å²) in [5.41, 5.74) is 0.541. The minimum atomic E-state index is -1.24. The van der Waals surface area contributed by atoms with Crippen molar-refractivity contribution in [1.29, 1.82) is 0 Å². The summed E-state index contributed by atoms with van der Waals surface area (Å²) in [7, 11) is 0. The van der Waals surface area contributed by atoms with Crippen LogP contribution in [0.15, 0.2) is 36.8 Å². The van der Waals surface area contributed by atoms with Gasteiger partial charge in [0.2, 0.25) is 0 Å². The van der Waals surface area contributed by atoms with Gasteiger partial charge in [-0.3, -0.25) is 10.1 Å². The minimum Gasteiger partial charge on any atom is -0.478 e. The molecule has 0 aliphatic carbocycles. The van der Waals surface area contributed by atoms with Gasteiger partial charge in [0.1, 0.15) is 6.33 Å². The quantitative estimate of drug-likeness (QED) is 0.629. The van der Waals surface area contributed by atoms with Crippen LogP contribution in [0.2, 0.25) is 0 Å². The summed E-state index contributed by atoms with van der Waals surface area (Å²) in [6.45, 7) is 0.292. The molecule has 0 bridgehead atoms. The van der Waals surface area contributed by atoms with Gasteiger partial charge in [-0.05, 0) is 12.1 Å². The van der Waals surface area contributed by atoms with Crippen LogP contribution in [-0.4, -0.2) is 26.0 Å². The molecule has 0 aliphatic rings. The fourth-order valence-corrected chi connectivity index (χ4v) is 1.59. The lowest BCUT2D eigenvalue weighted by atomic mass is 10.1. The van der Waals surface area contributed by atoms with Gasteiger partial charge in [-0.25, -0.2) is 14.8 Å². The lowest BCUT2D eigenvalue weighted by Gasteiger charge is -2.08. The number of nitrogens with one attached hydrogen (secondary N) is 1. The number of hydrogen-bond donors (Lipinski definition) is 2. The lowest BCUT2D eigenvalue weighted by molar-refractivity contribution is -0.384. The van der Waals surface area contributed by atoms with E-state index >= 15 is 0 Å². The molecule has 2 aromatic rings. The largest absolute Gasteiger partial charge is 0.478 e. The summed E-state index contributed by atoms with van der Waals surface area (Å²) in [6.07, 6.45) is 2.95. The molecule has 0 radical (unpaired) electrons. The van der Waals surface area contributed by atoms with Crippen LogP contribution in [-0.2, 0) is 6.54 Å². The molecule has 8 heteroatoms. The van der Waals surface area contributed by atoms with E-state index in [4.69, 9.17) is 5.11 Å². The zero-order chi connectivity index (χ0) is 14.5. The average molecular weight is 274 g/mol. The molecule has 1 aromatic heterocycles. The van der Waals surface area contributed by atoms with Gasteiger partial charge >= 0.3 is 5.97 Å². The topological polar surface area (TPSA) is 118 Å². The SMILES string of the molecule is O=C(O)c1cc([N+](=O)[O-])ccc1NCc1ccncn1. The number of hydrogen-bond acceptors (Lipinski definition) is 6. The molecule has 0 aliphatic heterocycles. The van der Waals surface area contributed by atoms with E-state index in [1.165, 1.54) is 18.5 Å². The van der Waals surface area contributed by atoms with Crippen molar-refractivity contribution in [2.24, 2.45) is 0 Å². The first-order valence-corrected chi connectivity index (χ1v) is 5.58. The number of aromatic nitrogens is 2. The van der Waals surface area contributed by atoms with Crippen molar-refractivity contribution in [1.82, 2.24) is 9.97 Å². The highest BCUT2D eigenvalue weighted by molar-refractivity contribution is 5.95. The molecule has 0 saturated heterocycles. The van der Waals surface area contributed by atoms with Crippen LogP contribution < -0.4 is 5.32 Å². The molecule has 8 nitrogen and oxygen atoms in total. The fraction of sp³-hybridized carbons (Fsp3) is 0.0833. The van der Waals surface area contributed by atoms with Gasteiger partial charge in [0.05, 0.1) is 22.7 Å². The molecule has 1 aromatic carbocycles. The Balaban J connectivity index is 2.23. The van der Waals surface area contributed by atoms with Crippen LogP contribution in [0.25, 0.3) is 0 Å². The summed E-state index contributed by atoms with van der Waals surface area (Å²) in [5.74, 6) is -1.24. The van der Waals surface area contributed by atoms with Crippen LogP contribution in [0, 0.1) is 10.1 Å². The van der Waals surface area contributed by atoms with E-state index < -0.39 is 10.9 Å². The third kappa shape index (κ3) is 3.05. The Morgan fingerprint density at radius 3 is 2.80 bits per heavy atom. The van der Waals surface area contributed by atoms with E-state index in [0.717, 1.165) is 6.07 Å². The first-order valence-electron chi connectivity index (χ1n) is 5.58. The van der Waals surface area contributed by atoms with Crippen molar-refractivity contribution in [3.63, 3.8) is 0 Å². The molecule has 0 amide bonds. The maximum atomic E-state index is 11.1. The molecular weight excluding hydrogens is 264 g/mol. The number of non-ortho nitro benzene ring substituents is 1. The second-order valence-electron chi connectivity index (χ2n) is 3.85. The van der Waals surface area contributed by atoms with Gasteiger partial charge in [0.25, 0.3) is 5.69 Å². The summed E-state index contributed by atoms with van der Waals surface area (Å²) >= 11 is 0. The summed E-state index contributed by atoms with van der Waals surface area (Å²) in [6, 6.07) is 5.31. The smallest absolute Gasteiger partial charge is 0.338 e. The molecule has 2 rings (SSSR count). The maximum absolute atomic E-state index is 11.1. The highest BCUT2D eigenvalue weighted by Crippen LogP contribution is 2.22. The number of nitrogens with zero attached hydrogens (tertiary/aromatic N) is 3. The predicted molar refractivity (Wildman–Crippen MR) is 69.4 cm³/mol. The molecule has 0 fully saturated rings. The van der Waals surface area contributed by atoms with Crippen molar-refractivity contribution in [2.45, 2.75) is 6.54 Å². The molecular formula is C12H10N4O4. The van der Waals surface area contributed by atoms with Crippen LogP contribution in [0.5, 0.6) is 0 Å². The Bertz CT molecular complexity index is 645. The number of benzene rings is 1. The standard InChI is InChI=1S/C12H10N4O4/c17-12(18)10-5-9(16(19)20)1-2-11(10)14-6-8-3-4-13-7-15-8/h1-5,7,14H,6H2,(H,17,18).